The number of nitrogens with one attached hydrogen (secondary N) is 1. The van der Waals surface area contributed by atoms with Gasteiger partial charge in [0.1, 0.15) is 6.17 Å². The molecule has 0 aliphatic carbocycles. The van der Waals surface area contributed by atoms with Gasteiger partial charge >= 0.3 is 6.18 Å². The predicted octanol–water partition coefficient (Wildman–Crippen LogP) is 7.68. The Hall–Kier alpha value is -2.64. The first-order valence-electron chi connectivity index (χ1n) is 12.8. The average molecular weight is 511 g/mol. The first-order chi connectivity index (χ1) is 17.2. The highest BCUT2D eigenvalue weighted by Crippen LogP contribution is 2.32. The van der Waals surface area contributed by atoms with E-state index < -0.39 is 30.0 Å². The van der Waals surface area contributed by atoms with Crippen molar-refractivity contribution >= 4 is 17.3 Å². The van der Waals surface area contributed by atoms with Crippen LogP contribution in [-0.4, -0.2) is 31.3 Å². The number of unbranched alkanes of at least 4 members (excludes halogenated alkanes) is 2. The molecule has 1 amide bonds. The lowest BCUT2D eigenvalue weighted by Gasteiger charge is -2.31. The van der Waals surface area contributed by atoms with Crippen molar-refractivity contribution in [2.24, 2.45) is 0 Å². The van der Waals surface area contributed by atoms with Crippen LogP contribution in [0.5, 0.6) is 0 Å². The molecule has 2 atom stereocenters. The number of hydrogen-bond acceptors (Lipinski definition) is 2. The SMILES string of the molecule is CCCCC[C@@H](F)[C@H](F)C(=O)Nc1ccc(CCc2ccc(C(F)(F)F)cc2)cc1N1CCCCC1. The van der Waals surface area contributed by atoms with Gasteiger partial charge in [0, 0.05) is 13.1 Å². The van der Waals surface area contributed by atoms with Crippen LogP contribution in [0.4, 0.5) is 33.3 Å². The van der Waals surface area contributed by atoms with E-state index in [-0.39, 0.29) is 6.42 Å². The molecular formula is C28H35F5N2O. The third kappa shape index (κ3) is 7.93. The summed E-state index contributed by atoms with van der Waals surface area (Å²) >= 11 is 0. The van der Waals surface area contributed by atoms with E-state index in [1.807, 2.05) is 19.1 Å². The monoisotopic (exact) mass is 510 g/mol. The Labute approximate surface area is 210 Å². The summed E-state index contributed by atoms with van der Waals surface area (Å²) in [4.78, 5) is 14.6. The van der Waals surface area contributed by atoms with E-state index in [0.717, 1.165) is 74.1 Å². The molecular weight excluding hydrogens is 475 g/mol. The second-order valence-corrected chi connectivity index (χ2v) is 9.50. The zero-order valence-electron chi connectivity index (χ0n) is 20.7. The highest BCUT2D eigenvalue weighted by atomic mass is 19.4. The minimum absolute atomic E-state index is 0.0182. The van der Waals surface area contributed by atoms with Gasteiger partial charge in [-0.1, -0.05) is 44.4 Å². The topological polar surface area (TPSA) is 32.3 Å². The van der Waals surface area contributed by atoms with E-state index in [1.54, 1.807) is 6.07 Å². The highest BCUT2D eigenvalue weighted by Gasteiger charge is 2.30. The molecule has 2 aromatic carbocycles. The van der Waals surface area contributed by atoms with E-state index in [0.29, 0.717) is 24.9 Å². The molecule has 1 aliphatic heterocycles. The van der Waals surface area contributed by atoms with Gasteiger partial charge < -0.3 is 10.2 Å². The zero-order valence-corrected chi connectivity index (χ0v) is 20.7. The molecule has 36 heavy (non-hydrogen) atoms. The minimum Gasteiger partial charge on any atom is -0.370 e. The quantitative estimate of drug-likeness (QED) is 0.248. The van der Waals surface area contributed by atoms with Crippen LogP contribution in [0.15, 0.2) is 42.5 Å². The van der Waals surface area contributed by atoms with Gasteiger partial charge in [0.15, 0.2) is 0 Å². The maximum Gasteiger partial charge on any atom is 0.416 e. The maximum atomic E-state index is 14.5. The summed E-state index contributed by atoms with van der Waals surface area (Å²) in [6.45, 7) is 3.57. The summed E-state index contributed by atoms with van der Waals surface area (Å²) < 4.78 is 67.1. The molecule has 1 heterocycles. The zero-order chi connectivity index (χ0) is 26.1. The van der Waals surface area contributed by atoms with Crippen LogP contribution in [0.1, 0.15) is 68.6 Å². The van der Waals surface area contributed by atoms with Gasteiger partial charge in [-0.3, -0.25) is 4.79 Å². The van der Waals surface area contributed by atoms with Crippen molar-refractivity contribution < 1.29 is 26.7 Å². The Morgan fingerprint density at radius 2 is 1.58 bits per heavy atom. The number of carbonyl (C=O) groups excluding carboxylic acids is 1. The number of rotatable bonds is 11. The van der Waals surface area contributed by atoms with Gasteiger partial charge in [-0.05, 0) is 73.9 Å². The average Bonchev–Trinajstić information content (AvgIpc) is 2.88. The van der Waals surface area contributed by atoms with Crippen LogP contribution < -0.4 is 10.2 Å². The molecule has 198 valence electrons. The molecule has 1 N–H and O–H groups in total. The lowest BCUT2D eigenvalue weighted by Crippen LogP contribution is -2.34. The van der Waals surface area contributed by atoms with Crippen molar-refractivity contribution in [2.75, 3.05) is 23.3 Å². The van der Waals surface area contributed by atoms with Gasteiger partial charge in [-0.2, -0.15) is 13.2 Å². The van der Waals surface area contributed by atoms with Crippen LogP contribution in [0.25, 0.3) is 0 Å². The van der Waals surface area contributed by atoms with Crippen molar-refractivity contribution in [2.45, 2.75) is 83.2 Å². The number of alkyl halides is 5. The predicted molar refractivity (Wildman–Crippen MR) is 134 cm³/mol. The first-order valence-corrected chi connectivity index (χ1v) is 12.8. The van der Waals surface area contributed by atoms with Gasteiger partial charge in [0.25, 0.3) is 5.91 Å². The van der Waals surface area contributed by atoms with Crippen LogP contribution in [-0.2, 0) is 23.8 Å². The molecule has 1 fully saturated rings. The van der Waals surface area contributed by atoms with Gasteiger partial charge in [0.2, 0.25) is 6.17 Å². The van der Waals surface area contributed by atoms with Crippen molar-refractivity contribution in [3.8, 4) is 0 Å². The number of halogens is 5. The standard InChI is InChI=1S/C28H35F5N2O/c1-2-3-5-8-23(29)26(30)27(36)34-24-16-13-21(19-25(24)35-17-6-4-7-18-35)10-9-20-11-14-22(15-12-20)28(31,32)33/h11-16,19,23,26H,2-10,17-18H2,1H3,(H,34,36)/t23-,26+/m1/s1. The second-order valence-electron chi connectivity index (χ2n) is 9.50. The fraction of sp³-hybridized carbons (Fsp3) is 0.536. The Bertz CT molecular complexity index is 971. The molecule has 1 saturated heterocycles. The number of carbonyl (C=O) groups is 1. The third-order valence-corrected chi connectivity index (χ3v) is 6.65. The van der Waals surface area contributed by atoms with E-state index in [1.165, 1.54) is 12.1 Å². The van der Waals surface area contributed by atoms with Crippen molar-refractivity contribution in [1.82, 2.24) is 0 Å². The summed E-state index contributed by atoms with van der Waals surface area (Å²) in [5.41, 5.74) is 2.28. The molecule has 0 saturated carbocycles. The molecule has 0 aromatic heterocycles. The largest absolute Gasteiger partial charge is 0.416 e. The van der Waals surface area contributed by atoms with Crippen molar-refractivity contribution in [3.05, 3.63) is 59.2 Å². The molecule has 1 aliphatic rings. The van der Waals surface area contributed by atoms with Gasteiger partial charge in [-0.25, -0.2) is 8.78 Å². The van der Waals surface area contributed by atoms with E-state index in [2.05, 4.69) is 10.2 Å². The Kier molecular flexibility index (Phi) is 10.1. The molecule has 0 unspecified atom stereocenters. The van der Waals surface area contributed by atoms with Crippen molar-refractivity contribution in [1.29, 1.82) is 0 Å². The Morgan fingerprint density at radius 3 is 2.22 bits per heavy atom. The molecule has 8 heteroatoms. The minimum atomic E-state index is -4.36. The molecule has 0 spiro atoms. The highest BCUT2D eigenvalue weighted by molar-refractivity contribution is 5.97. The van der Waals surface area contributed by atoms with E-state index >= 15 is 0 Å². The normalized spacial score (nSPS) is 16.0. The Balaban J connectivity index is 1.71. The van der Waals surface area contributed by atoms with Crippen LogP contribution in [0.3, 0.4) is 0 Å². The number of amides is 1. The summed E-state index contributed by atoms with van der Waals surface area (Å²) in [5, 5.41) is 2.60. The third-order valence-electron chi connectivity index (χ3n) is 6.65. The van der Waals surface area contributed by atoms with E-state index in [9.17, 15) is 26.7 Å². The number of anilines is 2. The van der Waals surface area contributed by atoms with Crippen LogP contribution in [0.2, 0.25) is 0 Å². The second kappa shape index (κ2) is 13.1. The maximum absolute atomic E-state index is 14.5. The lowest BCUT2D eigenvalue weighted by atomic mass is 10.0. The molecule has 0 radical (unpaired) electrons. The molecule has 0 bridgehead atoms. The fourth-order valence-corrected chi connectivity index (χ4v) is 4.49. The van der Waals surface area contributed by atoms with Gasteiger partial charge in [0.05, 0.1) is 16.9 Å². The number of hydrogen-bond donors (Lipinski definition) is 1. The number of benzene rings is 2. The van der Waals surface area contributed by atoms with Crippen LogP contribution in [0, 0.1) is 0 Å². The van der Waals surface area contributed by atoms with E-state index in [4.69, 9.17) is 0 Å². The summed E-state index contributed by atoms with van der Waals surface area (Å²) in [6.07, 6.45) is -1.93. The van der Waals surface area contributed by atoms with Gasteiger partial charge in [-0.15, -0.1) is 0 Å². The number of aryl methyl sites for hydroxylation is 2. The molecule has 3 rings (SSSR count). The first kappa shape index (κ1) is 27.9. The fourth-order valence-electron chi connectivity index (χ4n) is 4.49. The van der Waals surface area contributed by atoms with Crippen molar-refractivity contribution in [3.63, 3.8) is 0 Å². The van der Waals surface area contributed by atoms with Crippen LogP contribution >= 0.6 is 0 Å². The molecule has 2 aromatic rings. The number of piperidine rings is 1. The lowest BCUT2D eigenvalue weighted by molar-refractivity contribution is -0.137. The summed E-state index contributed by atoms with van der Waals surface area (Å²) in [7, 11) is 0. The molecule has 3 nitrogen and oxygen atoms in total. The summed E-state index contributed by atoms with van der Waals surface area (Å²) in [5.74, 6) is -0.977. The Morgan fingerprint density at radius 1 is 0.944 bits per heavy atom. The summed E-state index contributed by atoms with van der Waals surface area (Å²) in [6, 6.07) is 10.6. The number of nitrogens with zero attached hydrogens (tertiary/aromatic N) is 1. The smallest absolute Gasteiger partial charge is 0.370 e.